The molecule has 4 heteroatoms. The zero-order valence-corrected chi connectivity index (χ0v) is 11.2. The molecule has 1 aromatic carbocycles. The Kier molecular flexibility index (Phi) is 6.55. The molecule has 0 unspecified atom stereocenters. The van der Waals surface area contributed by atoms with Crippen LogP contribution in [0.15, 0.2) is 29.2 Å². The number of nitrogens with zero attached hydrogens (tertiary/aromatic N) is 1. The van der Waals surface area contributed by atoms with Crippen molar-refractivity contribution in [2.24, 2.45) is 0 Å². The van der Waals surface area contributed by atoms with E-state index >= 15 is 0 Å². The zero-order chi connectivity index (χ0) is 12.7. The van der Waals surface area contributed by atoms with Crippen LogP contribution in [0.1, 0.15) is 13.8 Å². The van der Waals surface area contributed by atoms with Crippen molar-refractivity contribution in [2.45, 2.75) is 24.8 Å². The summed E-state index contributed by atoms with van der Waals surface area (Å²) in [5, 5.41) is 8.94. The van der Waals surface area contributed by atoms with Crippen molar-refractivity contribution in [3.05, 3.63) is 30.1 Å². The van der Waals surface area contributed by atoms with Gasteiger partial charge in [0.1, 0.15) is 5.82 Å². The maximum Gasteiger partial charge on any atom is 0.136 e. The molecule has 1 N–H and O–H groups in total. The third-order valence-corrected chi connectivity index (χ3v) is 3.62. The normalized spacial score (nSPS) is 11.4. The van der Waals surface area contributed by atoms with Gasteiger partial charge in [-0.1, -0.05) is 12.1 Å². The first-order chi connectivity index (χ1) is 8.15. The maximum atomic E-state index is 13.3. The predicted molar refractivity (Wildman–Crippen MR) is 70.9 cm³/mol. The first kappa shape index (κ1) is 14.5. The van der Waals surface area contributed by atoms with Crippen LogP contribution in [0.2, 0.25) is 0 Å². The minimum Gasteiger partial charge on any atom is -0.395 e. The van der Waals surface area contributed by atoms with Crippen LogP contribution in [0.5, 0.6) is 0 Å². The molecular formula is C13H20FNOS. The molecule has 0 aromatic heterocycles. The van der Waals surface area contributed by atoms with Crippen LogP contribution in [0.4, 0.5) is 4.39 Å². The van der Waals surface area contributed by atoms with Gasteiger partial charge in [-0.3, -0.25) is 4.90 Å². The minimum atomic E-state index is -0.157. The Hall–Kier alpha value is -0.580. The molecule has 2 nitrogen and oxygen atoms in total. The average Bonchev–Trinajstić information content (AvgIpc) is 2.30. The van der Waals surface area contributed by atoms with E-state index in [0.29, 0.717) is 17.5 Å². The molecule has 0 saturated heterocycles. The fraction of sp³-hybridized carbons (Fsp3) is 0.538. The number of hydrogen-bond acceptors (Lipinski definition) is 3. The summed E-state index contributed by atoms with van der Waals surface area (Å²) in [6, 6.07) is 7.23. The summed E-state index contributed by atoms with van der Waals surface area (Å²) >= 11 is 1.52. The van der Waals surface area contributed by atoms with Gasteiger partial charge < -0.3 is 5.11 Å². The molecule has 0 heterocycles. The number of aliphatic hydroxyl groups is 1. The minimum absolute atomic E-state index is 0.157. The van der Waals surface area contributed by atoms with Crippen LogP contribution in [0, 0.1) is 5.82 Å². The summed E-state index contributed by atoms with van der Waals surface area (Å²) in [7, 11) is 0. The highest BCUT2D eigenvalue weighted by Crippen LogP contribution is 2.21. The van der Waals surface area contributed by atoms with E-state index in [1.807, 2.05) is 6.07 Å². The quantitative estimate of drug-likeness (QED) is 0.760. The SMILES string of the molecule is CC(C)N(CCO)CCSc1ccccc1F. The second-order valence-corrected chi connectivity index (χ2v) is 5.27. The molecule has 1 aromatic rings. The first-order valence-electron chi connectivity index (χ1n) is 5.87. The van der Waals surface area contributed by atoms with Crippen molar-refractivity contribution in [3.63, 3.8) is 0 Å². The monoisotopic (exact) mass is 257 g/mol. The van der Waals surface area contributed by atoms with E-state index in [1.54, 1.807) is 12.1 Å². The van der Waals surface area contributed by atoms with E-state index in [-0.39, 0.29) is 12.4 Å². The molecule has 17 heavy (non-hydrogen) atoms. The number of benzene rings is 1. The van der Waals surface area contributed by atoms with Crippen molar-refractivity contribution in [2.75, 3.05) is 25.4 Å². The zero-order valence-electron chi connectivity index (χ0n) is 10.4. The lowest BCUT2D eigenvalue weighted by Crippen LogP contribution is -2.35. The van der Waals surface area contributed by atoms with Gasteiger partial charge >= 0.3 is 0 Å². The second-order valence-electron chi connectivity index (χ2n) is 4.13. The van der Waals surface area contributed by atoms with Crippen molar-refractivity contribution in [1.82, 2.24) is 4.90 Å². The molecule has 0 aliphatic heterocycles. The van der Waals surface area contributed by atoms with Gasteiger partial charge in [0.2, 0.25) is 0 Å². The molecule has 0 aliphatic rings. The van der Waals surface area contributed by atoms with E-state index in [0.717, 1.165) is 12.3 Å². The fourth-order valence-corrected chi connectivity index (χ4v) is 2.52. The van der Waals surface area contributed by atoms with Crippen molar-refractivity contribution >= 4 is 11.8 Å². The molecule has 96 valence electrons. The number of rotatable bonds is 7. The number of halogens is 1. The predicted octanol–water partition coefficient (Wildman–Crippen LogP) is 2.62. The summed E-state index contributed by atoms with van der Waals surface area (Å²) in [6.07, 6.45) is 0. The summed E-state index contributed by atoms with van der Waals surface area (Å²) in [5.41, 5.74) is 0. The smallest absolute Gasteiger partial charge is 0.136 e. The van der Waals surface area contributed by atoms with Gasteiger partial charge in [-0.25, -0.2) is 4.39 Å². The van der Waals surface area contributed by atoms with Crippen LogP contribution < -0.4 is 0 Å². The average molecular weight is 257 g/mol. The third-order valence-electron chi connectivity index (χ3n) is 2.59. The Morgan fingerprint density at radius 2 is 2.00 bits per heavy atom. The highest BCUT2D eigenvalue weighted by atomic mass is 32.2. The van der Waals surface area contributed by atoms with Crippen LogP contribution in [-0.4, -0.2) is 41.5 Å². The van der Waals surface area contributed by atoms with Crippen LogP contribution in [-0.2, 0) is 0 Å². The molecule has 0 bridgehead atoms. The standard InChI is InChI=1S/C13H20FNOS/c1-11(2)15(7-9-16)8-10-17-13-6-4-3-5-12(13)14/h3-6,11,16H,7-10H2,1-2H3. The van der Waals surface area contributed by atoms with Gasteiger partial charge in [-0.2, -0.15) is 0 Å². The molecule has 0 aliphatic carbocycles. The molecule has 0 atom stereocenters. The Morgan fingerprint density at radius 3 is 2.59 bits per heavy atom. The molecule has 1 rings (SSSR count). The summed E-state index contributed by atoms with van der Waals surface area (Å²) in [4.78, 5) is 2.88. The van der Waals surface area contributed by atoms with Crippen LogP contribution >= 0.6 is 11.8 Å². The van der Waals surface area contributed by atoms with Gasteiger partial charge in [0.25, 0.3) is 0 Å². The number of aliphatic hydroxyl groups excluding tert-OH is 1. The maximum absolute atomic E-state index is 13.3. The van der Waals surface area contributed by atoms with Gasteiger partial charge in [-0.05, 0) is 26.0 Å². The van der Waals surface area contributed by atoms with Crippen molar-refractivity contribution in [3.8, 4) is 0 Å². The van der Waals surface area contributed by atoms with Crippen LogP contribution in [0.25, 0.3) is 0 Å². The summed E-state index contributed by atoms with van der Waals surface area (Å²) in [5.74, 6) is 0.676. The molecule has 0 fully saturated rings. The van der Waals surface area contributed by atoms with E-state index in [4.69, 9.17) is 5.11 Å². The lowest BCUT2D eigenvalue weighted by Gasteiger charge is -2.25. The van der Waals surface area contributed by atoms with E-state index in [9.17, 15) is 4.39 Å². The van der Waals surface area contributed by atoms with Gasteiger partial charge in [0, 0.05) is 29.8 Å². The van der Waals surface area contributed by atoms with Crippen molar-refractivity contribution < 1.29 is 9.50 Å². The largest absolute Gasteiger partial charge is 0.395 e. The van der Waals surface area contributed by atoms with Crippen molar-refractivity contribution in [1.29, 1.82) is 0 Å². The third kappa shape index (κ3) is 5.06. The molecule has 0 radical (unpaired) electrons. The van der Waals surface area contributed by atoms with E-state index in [1.165, 1.54) is 17.8 Å². The lowest BCUT2D eigenvalue weighted by molar-refractivity contribution is 0.174. The van der Waals surface area contributed by atoms with Crippen LogP contribution in [0.3, 0.4) is 0 Å². The highest BCUT2D eigenvalue weighted by Gasteiger charge is 2.09. The van der Waals surface area contributed by atoms with E-state index in [2.05, 4.69) is 18.7 Å². The first-order valence-corrected chi connectivity index (χ1v) is 6.86. The highest BCUT2D eigenvalue weighted by molar-refractivity contribution is 7.99. The Morgan fingerprint density at radius 1 is 1.29 bits per heavy atom. The number of thioether (sulfide) groups is 1. The van der Waals surface area contributed by atoms with E-state index < -0.39 is 0 Å². The Labute approximate surface area is 107 Å². The summed E-state index contributed by atoms with van der Waals surface area (Å²) in [6.45, 7) is 5.90. The Balaban J connectivity index is 2.38. The second kappa shape index (κ2) is 7.69. The number of hydrogen-bond donors (Lipinski definition) is 1. The Bertz CT molecular complexity index is 333. The molecule has 0 amide bonds. The lowest BCUT2D eigenvalue weighted by atomic mass is 10.3. The van der Waals surface area contributed by atoms with Gasteiger partial charge in [0.05, 0.1) is 6.61 Å². The summed E-state index contributed by atoms with van der Waals surface area (Å²) < 4.78 is 13.3. The van der Waals surface area contributed by atoms with Gasteiger partial charge in [0.15, 0.2) is 0 Å². The molecule has 0 saturated carbocycles. The molecule has 0 spiro atoms. The molecular weight excluding hydrogens is 237 g/mol. The topological polar surface area (TPSA) is 23.5 Å². The van der Waals surface area contributed by atoms with Gasteiger partial charge in [-0.15, -0.1) is 11.8 Å². The fourth-order valence-electron chi connectivity index (χ4n) is 1.59.